The molecule has 102 valence electrons. The zero-order valence-electron chi connectivity index (χ0n) is 10.4. The van der Waals surface area contributed by atoms with E-state index < -0.39 is 10.0 Å². The minimum absolute atomic E-state index is 0.197. The van der Waals surface area contributed by atoms with Gasteiger partial charge in [-0.15, -0.1) is 0 Å². The second kappa shape index (κ2) is 5.14. The smallest absolute Gasteiger partial charge is 0.266 e. The number of nitriles is 1. The van der Waals surface area contributed by atoms with Crippen molar-refractivity contribution in [2.24, 2.45) is 0 Å². The lowest BCUT2D eigenvalue weighted by Gasteiger charge is -2.09. The Bertz CT molecular complexity index is 797. The highest BCUT2D eigenvalue weighted by molar-refractivity contribution is 7.92. The van der Waals surface area contributed by atoms with E-state index in [2.05, 4.69) is 14.7 Å². The predicted molar refractivity (Wildman–Crippen MR) is 70.4 cm³/mol. The summed E-state index contributed by atoms with van der Waals surface area (Å²) in [5, 5.41) is 18.5. The van der Waals surface area contributed by atoms with E-state index in [0.717, 1.165) is 0 Å². The molecule has 0 aliphatic carbocycles. The minimum Gasteiger partial charge on any atom is -0.504 e. The van der Waals surface area contributed by atoms with Crippen LogP contribution in [-0.4, -0.2) is 23.5 Å². The number of nitrogens with zero attached hydrogens (tertiary/aromatic N) is 3. The monoisotopic (exact) mass is 290 g/mol. The first kappa shape index (κ1) is 13.8. The number of hydrogen-bond acceptors (Lipinski definition) is 6. The van der Waals surface area contributed by atoms with Crippen LogP contribution in [0.25, 0.3) is 0 Å². The van der Waals surface area contributed by atoms with Crippen LogP contribution in [0.15, 0.2) is 35.4 Å². The van der Waals surface area contributed by atoms with E-state index in [4.69, 9.17) is 5.26 Å². The first-order valence-electron chi connectivity index (χ1n) is 5.48. The normalized spacial score (nSPS) is 10.8. The van der Waals surface area contributed by atoms with Crippen molar-refractivity contribution in [3.8, 4) is 11.8 Å². The molecule has 0 radical (unpaired) electrons. The summed E-state index contributed by atoms with van der Waals surface area (Å²) in [6.07, 6.45) is 1.32. The first-order valence-corrected chi connectivity index (χ1v) is 6.97. The van der Waals surface area contributed by atoms with Gasteiger partial charge in [0.15, 0.2) is 17.3 Å². The summed E-state index contributed by atoms with van der Waals surface area (Å²) in [5.41, 5.74) is 0.305. The van der Waals surface area contributed by atoms with Gasteiger partial charge in [-0.3, -0.25) is 4.72 Å². The summed E-state index contributed by atoms with van der Waals surface area (Å²) in [6.45, 7) is 1.65. The molecule has 0 unspecified atom stereocenters. The highest BCUT2D eigenvalue weighted by Crippen LogP contribution is 2.24. The second-order valence-electron chi connectivity index (χ2n) is 3.89. The molecule has 0 aliphatic rings. The summed E-state index contributed by atoms with van der Waals surface area (Å²) in [6, 6.07) is 7.22. The minimum atomic E-state index is -4.05. The van der Waals surface area contributed by atoms with Crippen LogP contribution in [0.2, 0.25) is 0 Å². The SMILES string of the molecule is Cc1ccc(O)c(NS(=O)(=O)c2cccnc2C#N)n1. The zero-order chi connectivity index (χ0) is 14.8. The number of hydrogen-bond donors (Lipinski definition) is 2. The van der Waals surface area contributed by atoms with Gasteiger partial charge in [0, 0.05) is 11.9 Å². The summed E-state index contributed by atoms with van der Waals surface area (Å²) < 4.78 is 26.5. The maximum atomic E-state index is 12.2. The molecule has 0 amide bonds. The van der Waals surface area contributed by atoms with E-state index in [1.54, 1.807) is 13.0 Å². The van der Waals surface area contributed by atoms with E-state index in [0.29, 0.717) is 5.69 Å². The van der Waals surface area contributed by atoms with Crippen molar-refractivity contribution in [1.29, 1.82) is 5.26 Å². The molecule has 0 aromatic carbocycles. The van der Waals surface area contributed by atoms with Crippen molar-refractivity contribution in [2.45, 2.75) is 11.8 Å². The second-order valence-corrected chi connectivity index (χ2v) is 5.54. The van der Waals surface area contributed by atoms with Crippen molar-refractivity contribution in [3.63, 3.8) is 0 Å². The van der Waals surface area contributed by atoms with Gasteiger partial charge in [0.1, 0.15) is 11.0 Å². The molecular formula is C12H10N4O3S. The lowest BCUT2D eigenvalue weighted by molar-refractivity contribution is 0.475. The molecule has 0 bridgehead atoms. The Morgan fingerprint density at radius 3 is 2.80 bits per heavy atom. The third-order valence-electron chi connectivity index (χ3n) is 2.41. The molecule has 2 aromatic heterocycles. The maximum absolute atomic E-state index is 12.2. The highest BCUT2D eigenvalue weighted by Gasteiger charge is 2.21. The lowest BCUT2D eigenvalue weighted by atomic mass is 10.3. The molecular weight excluding hydrogens is 280 g/mol. The van der Waals surface area contributed by atoms with Gasteiger partial charge in [0.25, 0.3) is 10.0 Å². The molecule has 2 N–H and O–H groups in total. The molecule has 0 atom stereocenters. The van der Waals surface area contributed by atoms with Crippen molar-refractivity contribution >= 4 is 15.8 Å². The Balaban J connectivity index is 2.47. The van der Waals surface area contributed by atoms with Crippen LogP contribution in [0.3, 0.4) is 0 Å². The Morgan fingerprint density at radius 1 is 1.35 bits per heavy atom. The largest absolute Gasteiger partial charge is 0.504 e. The highest BCUT2D eigenvalue weighted by atomic mass is 32.2. The van der Waals surface area contributed by atoms with E-state index in [-0.39, 0.29) is 22.2 Å². The van der Waals surface area contributed by atoms with Crippen LogP contribution in [0.4, 0.5) is 5.82 Å². The Kier molecular flexibility index (Phi) is 3.54. The molecule has 0 saturated heterocycles. The summed E-state index contributed by atoms with van der Waals surface area (Å²) in [4.78, 5) is 7.30. The fourth-order valence-corrected chi connectivity index (χ4v) is 2.62. The van der Waals surface area contributed by atoms with E-state index >= 15 is 0 Å². The van der Waals surface area contributed by atoms with Gasteiger partial charge in [-0.2, -0.15) is 5.26 Å². The molecule has 7 nitrogen and oxygen atoms in total. The molecule has 0 spiro atoms. The van der Waals surface area contributed by atoms with Crippen molar-refractivity contribution < 1.29 is 13.5 Å². The van der Waals surface area contributed by atoms with Crippen LogP contribution in [0.1, 0.15) is 11.4 Å². The van der Waals surface area contributed by atoms with Crippen LogP contribution in [0, 0.1) is 18.3 Å². The molecule has 8 heteroatoms. The molecule has 20 heavy (non-hydrogen) atoms. The van der Waals surface area contributed by atoms with Gasteiger partial charge >= 0.3 is 0 Å². The predicted octanol–water partition coefficient (Wildman–Crippen LogP) is 1.16. The number of aromatic nitrogens is 2. The molecule has 2 rings (SSSR count). The molecule has 0 aliphatic heterocycles. The first-order chi connectivity index (χ1) is 9.44. The number of rotatable bonds is 3. The van der Waals surface area contributed by atoms with Gasteiger partial charge in [-0.1, -0.05) is 0 Å². The topological polar surface area (TPSA) is 116 Å². The molecule has 0 saturated carbocycles. The number of pyridine rings is 2. The van der Waals surface area contributed by atoms with E-state index in [1.165, 1.54) is 30.5 Å². The number of aromatic hydroxyl groups is 1. The van der Waals surface area contributed by atoms with E-state index in [1.807, 2.05) is 0 Å². The van der Waals surface area contributed by atoms with Gasteiger partial charge in [0.2, 0.25) is 0 Å². The van der Waals surface area contributed by atoms with Crippen molar-refractivity contribution in [3.05, 3.63) is 41.9 Å². The molecule has 2 heterocycles. The lowest BCUT2D eigenvalue weighted by Crippen LogP contribution is -2.16. The van der Waals surface area contributed by atoms with E-state index in [9.17, 15) is 13.5 Å². The Hall–Kier alpha value is -2.66. The number of sulfonamides is 1. The zero-order valence-corrected chi connectivity index (χ0v) is 11.2. The van der Waals surface area contributed by atoms with Crippen LogP contribution in [-0.2, 0) is 10.0 Å². The molecule has 2 aromatic rings. The fourth-order valence-electron chi connectivity index (χ4n) is 1.50. The quantitative estimate of drug-likeness (QED) is 0.876. The Morgan fingerprint density at radius 2 is 2.10 bits per heavy atom. The summed E-state index contributed by atoms with van der Waals surface area (Å²) in [5.74, 6) is -0.501. The van der Waals surface area contributed by atoms with Crippen molar-refractivity contribution in [2.75, 3.05) is 4.72 Å². The summed E-state index contributed by atoms with van der Waals surface area (Å²) in [7, 11) is -4.05. The third-order valence-corrected chi connectivity index (χ3v) is 3.78. The van der Waals surface area contributed by atoms with Gasteiger partial charge in [0.05, 0.1) is 0 Å². The summed E-state index contributed by atoms with van der Waals surface area (Å²) >= 11 is 0. The van der Waals surface area contributed by atoms with Crippen LogP contribution in [0.5, 0.6) is 5.75 Å². The van der Waals surface area contributed by atoms with Gasteiger partial charge < -0.3 is 5.11 Å². The molecule has 0 fully saturated rings. The number of anilines is 1. The van der Waals surface area contributed by atoms with Crippen LogP contribution >= 0.6 is 0 Å². The average molecular weight is 290 g/mol. The number of nitrogens with one attached hydrogen (secondary N) is 1. The Labute approximate surface area is 115 Å². The standard InChI is InChI=1S/C12H10N4O3S/c1-8-4-5-10(17)12(15-8)16-20(18,19)11-3-2-6-14-9(11)7-13/h2-6,17H,1H3,(H,15,16). The number of aryl methyl sites for hydroxylation is 1. The van der Waals surface area contributed by atoms with Crippen molar-refractivity contribution in [1.82, 2.24) is 9.97 Å². The van der Waals surface area contributed by atoms with Gasteiger partial charge in [-0.25, -0.2) is 18.4 Å². The average Bonchev–Trinajstić information content (AvgIpc) is 2.42. The fraction of sp³-hybridized carbons (Fsp3) is 0.0833. The third kappa shape index (κ3) is 2.67. The van der Waals surface area contributed by atoms with Crippen LogP contribution < -0.4 is 4.72 Å². The van der Waals surface area contributed by atoms with Gasteiger partial charge in [-0.05, 0) is 31.2 Å². The maximum Gasteiger partial charge on any atom is 0.266 e.